The Labute approximate surface area is 139 Å². The van der Waals surface area contributed by atoms with Gasteiger partial charge in [-0.1, -0.05) is 23.8 Å². The number of aryl methyl sites for hydroxylation is 3. The SMILES string of the molecule is Cc1ccc(CCC(=O)NC[C@@H]2CCNC[C@H]2O)c(C)c1.Cl. The van der Waals surface area contributed by atoms with Crippen LogP contribution in [-0.4, -0.2) is 36.8 Å². The normalized spacial score (nSPS) is 21.0. The largest absolute Gasteiger partial charge is 0.391 e. The molecule has 4 nitrogen and oxygen atoms in total. The quantitative estimate of drug-likeness (QED) is 0.772. The van der Waals surface area contributed by atoms with Crippen LogP contribution >= 0.6 is 12.4 Å². The second-order valence-corrected chi connectivity index (χ2v) is 6.05. The number of benzene rings is 1. The summed E-state index contributed by atoms with van der Waals surface area (Å²) in [6, 6.07) is 6.35. The van der Waals surface area contributed by atoms with Gasteiger partial charge in [-0.2, -0.15) is 0 Å². The molecule has 2 rings (SSSR count). The van der Waals surface area contributed by atoms with Crippen LogP contribution in [0.5, 0.6) is 0 Å². The minimum Gasteiger partial charge on any atom is -0.391 e. The number of piperidine rings is 1. The Kier molecular flexibility index (Phi) is 7.87. The van der Waals surface area contributed by atoms with Gasteiger partial charge in [0.05, 0.1) is 6.10 Å². The number of aliphatic hydroxyl groups is 1. The van der Waals surface area contributed by atoms with E-state index < -0.39 is 0 Å². The van der Waals surface area contributed by atoms with Gasteiger partial charge < -0.3 is 15.7 Å². The van der Waals surface area contributed by atoms with Crippen molar-refractivity contribution in [2.24, 2.45) is 5.92 Å². The van der Waals surface area contributed by atoms with Crippen LogP contribution in [0.4, 0.5) is 0 Å². The van der Waals surface area contributed by atoms with Gasteiger partial charge in [0.15, 0.2) is 0 Å². The van der Waals surface area contributed by atoms with Crippen molar-refractivity contribution < 1.29 is 9.90 Å². The third kappa shape index (κ3) is 5.59. The average molecular weight is 327 g/mol. The molecule has 1 saturated heterocycles. The van der Waals surface area contributed by atoms with E-state index in [0.29, 0.717) is 19.5 Å². The standard InChI is InChI=1S/C17H26N2O2.ClH/c1-12-3-4-14(13(2)9-12)5-6-17(21)19-10-15-7-8-18-11-16(15)20;/h3-4,9,15-16,18,20H,5-8,10-11H2,1-2H3,(H,19,21);1H/t15-,16+;/m0./s1. The molecule has 1 heterocycles. The zero-order valence-corrected chi connectivity index (χ0v) is 14.2. The fourth-order valence-corrected chi connectivity index (χ4v) is 2.84. The van der Waals surface area contributed by atoms with Crippen LogP contribution < -0.4 is 10.6 Å². The number of carbonyl (C=O) groups excluding carboxylic acids is 1. The van der Waals surface area contributed by atoms with Crippen molar-refractivity contribution >= 4 is 18.3 Å². The second kappa shape index (κ2) is 9.13. The highest BCUT2D eigenvalue weighted by molar-refractivity contribution is 5.85. The summed E-state index contributed by atoms with van der Waals surface area (Å²) in [5, 5.41) is 15.9. The molecule has 5 heteroatoms. The lowest BCUT2D eigenvalue weighted by Crippen LogP contribution is -2.45. The molecule has 0 aliphatic carbocycles. The molecule has 0 saturated carbocycles. The molecule has 1 aliphatic rings. The van der Waals surface area contributed by atoms with Gasteiger partial charge in [-0.15, -0.1) is 12.4 Å². The van der Waals surface area contributed by atoms with E-state index in [0.717, 1.165) is 19.4 Å². The minimum atomic E-state index is -0.349. The summed E-state index contributed by atoms with van der Waals surface area (Å²) < 4.78 is 0. The Balaban J connectivity index is 0.00000242. The Bertz CT molecular complexity index is 494. The molecule has 0 bridgehead atoms. The summed E-state index contributed by atoms with van der Waals surface area (Å²) in [5.41, 5.74) is 3.73. The van der Waals surface area contributed by atoms with Crippen LogP contribution in [0.2, 0.25) is 0 Å². The fraction of sp³-hybridized carbons (Fsp3) is 0.588. The van der Waals surface area contributed by atoms with E-state index in [1.54, 1.807) is 0 Å². The molecule has 1 amide bonds. The van der Waals surface area contributed by atoms with Gasteiger partial charge in [-0.25, -0.2) is 0 Å². The molecule has 22 heavy (non-hydrogen) atoms. The number of aliphatic hydroxyl groups excluding tert-OH is 1. The summed E-state index contributed by atoms with van der Waals surface area (Å²) in [4.78, 5) is 11.9. The first-order valence-corrected chi connectivity index (χ1v) is 7.78. The third-order valence-corrected chi connectivity index (χ3v) is 4.27. The van der Waals surface area contributed by atoms with E-state index in [2.05, 4.69) is 42.7 Å². The van der Waals surface area contributed by atoms with Crippen molar-refractivity contribution in [2.45, 2.75) is 39.2 Å². The average Bonchev–Trinajstić information content (AvgIpc) is 2.45. The Hall–Kier alpha value is -1.10. The molecule has 1 aromatic carbocycles. The van der Waals surface area contributed by atoms with Gasteiger partial charge in [-0.05, 0) is 44.4 Å². The van der Waals surface area contributed by atoms with Gasteiger partial charge >= 0.3 is 0 Å². The fourth-order valence-electron chi connectivity index (χ4n) is 2.84. The summed E-state index contributed by atoms with van der Waals surface area (Å²) >= 11 is 0. The summed E-state index contributed by atoms with van der Waals surface area (Å²) in [5.74, 6) is 0.247. The van der Waals surface area contributed by atoms with Gasteiger partial charge in [0.1, 0.15) is 0 Å². The highest BCUT2D eigenvalue weighted by Gasteiger charge is 2.22. The zero-order valence-electron chi connectivity index (χ0n) is 13.4. The molecule has 1 aliphatic heterocycles. The lowest BCUT2D eigenvalue weighted by Gasteiger charge is -2.28. The molecule has 2 atom stereocenters. The van der Waals surface area contributed by atoms with Crippen LogP contribution in [-0.2, 0) is 11.2 Å². The zero-order chi connectivity index (χ0) is 15.2. The molecule has 0 unspecified atom stereocenters. The number of carbonyl (C=O) groups is 1. The monoisotopic (exact) mass is 326 g/mol. The van der Waals surface area contributed by atoms with E-state index in [-0.39, 0.29) is 30.3 Å². The lowest BCUT2D eigenvalue weighted by molar-refractivity contribution is -0.121. The Morgan fingerprint density at radius 2 is 2.18 bits per heavy atom. The number of hydrogen-bond acceptors (Lipinski definition) is 3. The second-order valence-electron chi connectivity index (χ2n) is 6.05. The van der Waals surface area contributed by atoms with Gasteiger partial charge in [0.25, 0.3) is 0 Å². The Morgan fingerprint density at radius 3 is 2.86 bits per heavy atom. The van der Waals surface area contributed by atoms with Crippen LogP contribution in [0.1, 0.15) is 29.5 Å². The Morgan fingerprint density at radius 1 is 1.41 bits per heavy atom. The summed E-state index contributed by atoms with van der Waals surface area (Å²) in [6.07, 6.45) is 1.84. The van der Waals surface area contributed by atoms with E-state index >= 15 is 0 Å². The highest BCUT2D eigenvalue weighted by Crippen LogP contribution is 2.13. The van der Waals surface area contributed by atoms with Crippen molar-refractivity contribution in [3.8, 4) is 0 Å². The summed E-state index contributed by atoms with van der Waals surface area (Å²) in [7, 11) is 0. The summed E-state index contributed by atoms with van der Waals surface area (Å²) in [6.45, 7) is 6.29. The predicted octanol–water partition coefficient (Wildman–Crippen LogP) is 1.74. The highest BCUT2D eigenvalue weighted by atomic mass is 35.5. The number of hydrogen-bond donors (Lipinski definition) is 3. The van der Waals surface area contributed by atoms with E-state index in [4.69, 9.17) is 0 Å². The molecule has 0 spiro atoms. The molecule has 1 fully saturated rings. The number of halogens is 1. The van der Waals surface area contributed by atoms with Crippen LogP contribution in [0, 0.1) is 19.8 Å². The number of nitrogens with one attached hydrogen (secondary N) is 2. The van der Waals surface area contributed by atoms with Gasteiger partial charge in [0, 0.05) is 25.4 Å². The van der Waals surface area contributed by atoms with Gasteiger partial charge in [-0.3, -0.25) is 4.79 Å². The third-order valence-electron chi connectivity index (χ3n) is 4.27. The molecule has 1 aromatic rings. The molecule has 124 valence electrons. The minimum absolute atomic E-state index is 0. The first-order valence-electron chi connectivity index (χ1n) is 7.78. The molecular weight excluding hydrogens is 300 g/mol. The lowest BCUT2D eigenvalue weighted by atomic mass is 9.95. The van der Waals surface area contributed by atoms with Crippen molar-refractivity contribution in [1.29, 1.82) is 0 Å². The van der Waals surface area contributed by atoms with Crippen LogP contribution in [0.15, 0.2) is 18.2 Å². The van der Waals surface area contributed by atoms with E-state index in [1.165, 1.54) is 16.7 Å². The smallest absolute Gasteiger partial charge is 0.220 e. The van der Waals surface area contributed by atoms with Crippen LogP contribution in [0.3, 0.4) is 0 Å². The van der Waals surface area contributed by atoms with Crippen molar-refractivity contribution in [2.75, 3.05) is 19.6 Å². The maximum absolute atomic E-state index is 11.9. The van der Waals surface area contributed by atoms with Crippen molar-refractivity contribution in [1.82, 2.24) is 10.6 Å². The first-order chi connectivity index (χ1) is 10.1. The van der Waals surface area contributed by atoms with E-state index in [9.17, 15) is 9.90 Å². The maximum atomic E-state index is 11.9. The number of β-amino-alcohol motifs (C(OH)–C–C–N with tert-alkyl or cyclic N) is 1. The van der Waals surface area contributed by atoms with Crippen molar-refractivity contribution in [3.63, 3.8) is 0 Å². The molecular formula is C17H27ClN2O2. The topological polar surface area (TPSA) is 61.4 Å². The predicted molar refractivity (Wildman–Crippen MR) is 91.5 cm³/mol. The van der Waals surface area contributed by atoms with Gasteiger partial charge in [0.2, 0.25) is 5.91 Å². The maximum Gasteiger partial charge on any atom is 0.220 e. The molecule has 0 aromatic heterocycles. The van der Waals surface area contributed by atoms with E-state index in [1.807, 2.05) is 0 Å². The number of rotatable bonds is 5. The first kappa shape index (κ1) is 18.9. The van der Waals surface area contributed by atoms with Crippen LogP contribution in [0.25, 0.3) is 0 Å². The van der Waals surface area contributed by atoms with Crippen molar-refractivity contribution in [3.05, 3.63) is 34.9 Å². The molecule has 0 radical (unpaired) electrons. The molecule has 3 N–H and O–H groups in total. The number of amides is 1.